The number of hydrogen-bond donors (Lipinski definition) is 2. The van der Waals surface area contributed by atoms with Crippen LogP contribution in [-0.2, 0) is 4.79 Å². The molecule has 148 valence electrons. The Hall–Kier alpha value is -3.95. The molecule has 1 fully saturated rings. The molecule has 0 atom stereocenters. The molecule has 2 amide bonds. The number of likely N-dealkylation sites (N-methyl/N-ethyl adjacent to an activating group) is 1. The minimum atomic E-state index is -0.215. The molecular weight excluding hydrogens is 372 g/mol. The van der Waals surface area contributed by atoms with Crippen LogP contribution in [0.25, 0.3) is 11.2 Å². The van der Waals surface area contributed by atoms with E-state index in [1.54, 1.807) is 42.5 Å². The Morgan fingerprint density at radius 1 is 1.21 bits per heavy atom. The van der Waals surface area contributed by atoms with Crippen molar-refractivity contribution in [3.05, 3.63) is 48.8 Å². The van der Waals surface area contributed by atoms with Gasteiger partial charge in [-0.25, -0.2) is 4.98 Å². The van der Waals surface area contributed by atoms with E-state index in [1.807, 2.05) is 4.57 Å². The van der Waals surface area contributed by atoms with Crippen molar-refractivity contribution in [2.45, 2.75) is 6.04 Å². The summed E-state index contributed by atoms with van der Waals surface area (Å²) in [5.41, 5.74) is 13.8. The third-order valence-corrected chi connectivity index (χ3v) is 5.02. The molecule has 29 heavy (non-hydrogen) atoms. The van der Waals surface area contributed by atoms with Crippen molar-refractivity contribution in [1.82, 2.24) is 24.4 Å². The fraction of sp³-hybridized carbons (Fsp3) is 0.211. The van der Waals surface area contributed by atoms with E-state index in [2.05, 4.69) is 21.5 Å². The van der Waals surface area contributed by atoms with Gasteiger partial charge in [0.05, 0.1) is 12.4 Å². The van der Waals surface area contributed by atoms with Gasteiger partial charge in [-0.2, -0.15) is 9.97 Å². The van der Waals surface area contributed by atoms with Crippen molar-refractivity contribution >= 4 is 40.4 Å². The first kappa shape index (κ1) is 18.4. The lowest BCUT2D eigenvalue weighted by atomic mass is 10.1. The smallest absolute Gasteiger partial charge is 0.253 e. The van der Waals surface area contributed by atoms with Gasteiger partial charge in [-0.3, -0.25) is 9.59 Å². The van der Waals surface area contributed by atoms with E-state index in [4.69, 9.17) is 11.5 Å². The molecule has 10 nitrogen and oxygen atoms in total. The molecule has 3 heterocycles. The van der Waals surface area contributed by atoms with Gasteiger partial charge in [0.1, 0.15) is 5.52 Å². The lowest BCUT2D eigenvalue weighted by Gasteiger charge is -2.40. The van der Waals surface area contributed by atoms with E-state index < -0.39 is 0 Å². The Kier molecular flexibility index (Phi) is 4.38. The van der Waals surface area contributed by atoms with Gasteiger partial charge in [0.25, 0.3) is 5.91 Å². The van der Waals surface area contributed by atoms with Crippen molar-refractivity contribution in [3.8, 4) is 0 Å². The van der Waals surface area contributed by atoms with Gasteiger partial charge in [-0.1, -0.05) is 6.58 Å². The van der Waals surface area contributed by atoms with E-state index in [0.29, 0.717) is 35.5 Å². The van der Waals surface area contributed by atoms with Crippen LogP contribution < -0.4 is 16.4 Å². The monoisotopic (exact) mass is 392 g/mol. The van der Waals surface area contributed by atoms with E-state index >= 15 is 0 Å². The van der Waals surface area contributed by atoms with Crippen LogP contribution in [0.1, 0.15) is 16.4 Å². The summed E-state index contributed by atoms with van der Waals surface area (Å²) >= 11 is 0. The second-order valence-electron chi connectivity index (χ2n) is 6.80. The van der Waals surface area contributed by atoms with E-state index in [1.165, 1.54) is 11.0 Å². The Morgan fingerprint density at radius 3 is 2.55 bits per heavy atom. The van der Waals surface area contributed by atoms with Crippen LogP contribution in [-0.4, -0.2) is 56.4 Å². The number of carbonyl (C=O) groups excluding carboxylic acids is 2. The van der Waals surface area contributed by atoms with Crippen molar-refractivity contribution < 1.29 is 9.59 Å². The molecule has 2 aromatic heterocycles. The van der Waals surface area contributed by atoms with Gasteiger partial charge in [-0.05, 0) is 30.3 Å². The number of amides is 2. The molecule has 3 aromatic rings. The molecule has 1 aliphatic heterocycles. The summed E-state index contributed by atoms with van der Waals surface area (Å²) in [6.45, 7) is 4.51. The molecule has 0 radical (unpaired) electrons. The predicted octanol–water partition coefficient (Wildman–Crippen LogP) is 0.837. The molecule has 0 unspecified atom stereocenters. The largest absolute Gasteiger partial charge is 0.382 e. The SMILES string of the molecule is C=CC(=O)N(C)c1ccc(C(=O)N2CC(n3cnc4c(N)nc(N)nc43)C2)cc1. The Balaban J connectivity index is 1.46. The summed E-state index contributed by atoms with van der Waals surface area (Å²) in [5.74, 6) is 0.0263. The van der Waals surface area contributed by atoms with Gasteiger partial charge in [0.15, 0.2) is 11.5 Å². The highest BCUT2D eigenvalue weighted by atomic mass is 16.2. The van der Waals surface area contributed by atoms with Crippen LogP contribution in [0, 0.1) is 0 Å². The average molecular weight is 392 g/mol. The summed E-state index contributed by atoms with van der Waals surface area (Å²) in [6, 6.07) is 6.92. The van der Waals surface area contributed by atoms with Crippen LogP contribution in [0.5, 0.6) is 0 Å². The van der Waals surface area contributed by atoms with Gasteiger partial charge >= 0.3 is 0 Å². The molecule has 10 heteroatoms. The number of hydrogen-bond acceptors (Lipinski definition) is 7. The Morgan fingerprint density at radius 2 is 1.90 bits per heavy atom. The number of nitrogens with zero attached hydrogens (tertiary/aromatic N) is 6. The lowest BCUT2D eigenvalue weighted by molar-refractivity contribution is -0.113. The maximum atomic E-state index is 12.7. The third kappa shape index (κ3) is 3.14. The second-order valence-corrected chi connectivity index (χ2v) is 6.80. The van der Waals surface area contributed by atoms with Crippen molar-refractivity contribution in [3.63, 3.8) is 0 Å². The van der Waals surface area contributed by atoms with Gasteiger partial charge in [-0.15, -0.1) is 0 Å². The van der Waals surface area contributed by atoms with Crippen molar-refractivity contribution in [1.29, 1.82) is 0 Å². The van der Waals surface area contributed by atoms with Crippen LogP contribution in [0.4, 0.5) is 17.5 Å². The zero-order valence-corrected chi connectivity index (χ0v) is 15.8. The maximum Gasteiger partial charge on any atom is 0.253 e. The predicted molar refractivity (Wildman–Crippen MR) is 109 cm³/mol. The van der Waals surface area contributed by atoms with E-state index in [-0.39, 0.29) is 29.6 Å². The topological polar surface area (TPSA) is 136 Å². The number of aromatic nitrogens is 4. The number of benzene rings is 1. The highest BCUT2D eigenvalue weighted by Gasteiger charge is 2.33. The summed E-state index contributed by atoms with van der Waals surface area (Å²) in [7, 11) is 1.65. The number of rotatable bonds is 4. The molecular formula is C19H20N8O2. The molecule has 0 bridgehead atoms. The minimum Gasteiger partial charge on any atom is -0.382 e. The normalized spacial score (nSPS) is 13.9. The summed E-state index contributed by atoms with van der Waals surface area (Å²) < 4.78 is 1.87. The van der Waals surface area contributed by atoms with Crippen molar-refractivity contribution in [2.24, 2.45) is 0 Å². The summed E-state index contributed by atoms with van der Waals surface area (Å²) in [6.07, 6.45) is 2.88. The van der Waals surface area contributed by atoms with Gasteiger partial charge in [0, 0.05) is 31.4 Å². The van der Waals surface area contributed by atoms with E-state index in [0.717, 1.165) is 0 Å². The number of nitrogen functional groups attached to an aromatic ring is 2. The minimum absolute atomic E-state index is 0.0354. The molecule has 4 N–H and O–H groups in total. The number of anilines is 3. The van der Waals surface area contributed by atoms with Gasteiger partial charge < -0.3 is 25.8 Å². The number of imidazole rings is 1. The highest BCUT2D eigenvalue weighted by molar-refractivity contribution is 6.01. The first-order valence-electron chi connectivity index (χ1n) is 8.94. The lowest BCUT2D eigenvalue weighted by Crippen LogP contribution is -2.50. The first-order chi connectivity index (χ1) is 13.9. The number of nitrogens with two attached hydrogens (primary N) is 2. The van der Waals surface area contributed by atoms with Gasteiger partial charge in [0.2, 0.25) is 11.9 Å². The average Bonchev–Trinajstić information content (AvgIpc) is 3.09. The number of likely N-dealkylation sites (tertiary alicyclic amines) is 1. The van der Waals surface area contributed by atoms with Crippen LogP contribution >= 0.6 is 0 Å². The Labute approximate surface area is 166 Å². The second kappa shape index (κ2) is 6.89. The molecule has 1 aliphatic rings. The summed E-state index contributed by atoms with van der Waals surface area (Å²) in [4.78, 5) is 40.0. The quantitative estimate of drug-likeness (QED) is 0.628. The number of carbonyl (C=O) groups is 2. The fourth-order valence-corrected chi connectivity index (χ4v) is 3.29. The van der Waals surface area contributed by atoms with Crippen molar-refractivity contribution in [2.75, 3.05) is 36.5 Å². The molecule has 0 spiro atoms. The van der Waals surface area contributed by atoms with Crippen LogP contribution in [0.3, 0.4) is 0 Å². The van der Waals surface area contributed by atoms with Crippen LogP contribution in [0.15, 0.2) is 43.2 Å². The molecule has 4 rings (SSSR count). The zero-order valence-electron chi connectivity index (χ0n) is 15.8. The molecule has 0 aliphatic carbocycles. The third-order valence-electron chi connectivity index (χ3n) is 5.02. The van der Waals surface area contributed by atoms with E-state index in [9.17, 15) is 9.59 Å². The first-order valence-corrected chi connectivity index (χ1v) is 8.94. The highest BCUT2D eigenvalue weighted by Crippen LogP contribution is 2.28. The standard InChI is InChI=1S/C19H20N8O2/c1-3-14(28)25(2)12-6-4-11(5-7-12)18(29)26-8-13(9-26)27-10-22-15-16(20)23-19(21)24-17(15)27/h3-7,10,13H,1,8-9H2,2H3,(H4,20,21,23,24). The maximum absolute atomic E-state index is 12.7. The molecule has 1 aromatic carbocycles. The fourth-order valence-electron chi connectivity index (χ4n) is 3.29. The number of fused-ring (bicyclic) bond motifs is 1. The van der Waals surface area contributed by atoms with Crippen LogP contribution in [0.2, 0.25) is 0 Å². The zero-order chi connectivity index (χ0) is 20.7. The Bertz CT molecular complexity index is 1120. The molecule has 1 saturated heterocycles. The summed E-state index contributed by atoms with van der Waals surface area (Å²) in [5, 5.41) is 0. The molecule has 0 saturated carbocycles.